The van der Waals surface area contributed by atoms with Crippen LogP contribution in [0.5, 0.6) is 0 Å². The fourth-order valence-electron chi connectivity index (χ4n) is 6.98. The van der Waals surface area contributed by atoms with E-state index in [0.29, 0.717) is 25.7 Å². The van der Waals surface area contributed by atoms with Gasteiger partial charge in [0, 0.05) is 0 Å². The van der Waals surface area contributed by atoms with Gasteiger partial charge in [0.1, 0.15) is 29.9 Å². The minimum Gasteiger partial charge on any atom is -0.480 e. The molecule has 0 radical (unpaired) electrons. The minimum atomic E-state index is -1.02. The Morgan fingerprint density at radius 1 is 0.733 bits per heavy atom. The molecule has 2 aliphatic carbocycles. The molecule has 45 heavy (non-hydrogen) atoms. The summed E-state index contributed by atoms with van der Waals surface area (Å²) in [6.45, 7) is 10.7. The Kier molecular flexibility index (Phi) is 10.4. The van der Waals surface area contributed by atoms with E-state index in [-0.39, 0.29) is 18.4 Å². The summed E-state index contributed by atoms with van der Waals surface area (Å²) in [4.78, 5) is 51.8. The van der Waals surface area contributed by atoms with E-state index in [4.69, 9.17) is 14.2 Å². The summed E-state index contributed by atoms with van der Waals surface area (Å²) in [7, 11) is 0. The highest BCUT2D eigenvalue weighted by molar-refractivity contribution is 5.83. The summed E-state index contributed by atoms with van der Waals surface area (Å²) < 4.78 is 16.3. The monoisotopic (exact) mass is 632 g/mol. The Hall–Kier alpha value is -3.38. The average Bonchev–Trinajstić information content (AvgIpc) is 2.94. The summed E-state index contributed by atoms with van der Waals surface area (Å²) in [6, 6.07) is 7.02. The van der Waals surface area contributed by atoms with Crippen molar-refractivity contribution in [1.82, 2.24) is 9.80 Å². The van der Waals surface area contributed by atoms with Gasteiger partial charge in [-0.15, -0.1) is 0 Å². The number of fused-ring (bicyclic) bond motifs is 6. The third-order valence-corrected chi connectivity index (χ3v) is 8.78. The minimum absolute atomic E-state index is 0.106. The van der Waals surface area contributed by atoms with Crippen LogP contribution in [0, 0.1) is 11.8 Å². The van der Waals surface area contributed by atoms with Gasteiger partial charge < -0.3 is 29.5 Å². The quantitative estimate of drug-likeness (QED) is 0.325. The van der Waals surface area contributed by atoms with Crippen molar-refractivity contribution in [3.63, 3.8) is 0 Å². The highest BCUT2D eigenvalue weighted by atomic mass is 16.6. The van der Waals surface area contributed by atoms with Crippen LogP contribution in [0.15, 0.2) is 30.3 Å². The molecule has 4 bridgehead atoms. The number of esters is 1. The lowest BCUT2D eigenvalue weighted by Gasteiger charge is -2.51. The molecule has 2 amide bonds. The topological polar surface area (TPSA) is 163 Å². The van der Waals surface area contributed by atoms with Crippen molar-refractivity contribution in [2.75, 3.05) is 0 Å². The van der Waals surface area contributed by atoms with Crippen LogP contribution in [0.2, 0.25) is 0 Å². The Bertz CT molecular complexity index is 1230. The van der Waals surface area contributed by atoms with Gasteiger partial charge in [-0.05, 0) is 97.5 Å². The molecule has 0 aromatic heterocycles. The van der Waals surface area contributed by atoms with Crippen molar-refractivity contribution in [3.05, 3.63) is 35.9 Å². The molecular formula is C33H48N2O10. The van der Waals surface area contributed by atoms with Gasteiger partial charge in [0.05, 0.1) is 24.3 Å². The lowest BCUT2D eigenvalue weighted by molar-refractivity contribution is -0.166. The number of carbonyl (C=O) groups is 4. The zero-order valence-electron chi connectivity index (χ0n) is 27.0. The van der Waals surface area contributed by atoms with Gasteiger partial charge in [0.2, 0.25) is 0 Å². The number of benzene rings is 1. The molecule has 8 atom stereocenters. The molecule has 4 saturated heterocycles. The first kappa shape index (κ1) is 34.5. The number of carboxylic acids is 1. The molecule has 1 aromatic rings. The van der Waals surface area contributed by atoms with Gasteiger partial charge >= 0.3 is 24.1 Å². The molecule has 12 nitrogen and oxygen atoms in total. The Morgan fingerprint density at radius 2 is 1.18 bits per heavy atom. The first-order chi connectivity index (χ1) is 21.0. The van der Waals surface area contributed by atoms with E-state index in [0.717, 1.165) is 18.4 Å². The number of carboxylic acid groups (broad SMARTS) is 1. The predicted molar refractivity (Wildman–Crippen MR) is 162 cm³/mol. The molecule has 6 aliphatic rings. The molecule has 4 heterocycles. The zero-order valence-corrected chi connectivity index (χ0v) is 27.0. The number of amides is 2. The van der Waals surface area contributed by atoms with E-state index in [1.54, 1.807) is 41.5 Å². The third kappa shape index (κ3) is 8.26. The van der Waals surface area contributed by atoms with Crippen molar-refractivity contribution in [2.45, 2.75) is 134 Å². The van der Waals surface area contributed by atoms with Gasteiger partial charge in [-0.1, -0.05) is 30.3 Å². The maximum atomic E-state index is 12.8. The van der Waals surface area contributed by atoms with E-state index in [2.05, 4.69) is 0 Å². The maximum Gasteiger partial charge on any atom is 0.411 e. The molecule has 4 aliphatic heterocycles. The summed E-state index contributed by atoms with van der Waals surface area (Å²) in [5.41, 5.74) is -0.454. The SMILES string of the molecule is CC(C)(C)OC(=O)N1[C@H](C(=O)O)[C@@H]2CC[C@H]1[C@@H](O)C2.CC(C)(C)OC(=O)N1[C@H](C(=O)OCc2ccccc2)[C@@H]2CC[C@H]1[C@@H](O)C2. The number of aliphatic carboxylic acids is 1. The fourth-order valence-corrected chi connectivity index (χ4v) is 6.98. The molecule has 12 heteroatoms. The third-order valence-electron chi connectivity index (χ3n) is 8.78. The van der Waals surface area contributed by atoms with E-state index in [9.17, 15) is 34.5 Å². The van der Waals surface area contributed by atoms with Gasteiger partial charge in [0.15, 0.2) is 0 Å². The second-order valence-electron chi connectivity index (χ2n) is 14.5. The number of hydrogen-bond donors (Lipinski definition) is 3. The number of aliphatic hydroxyl groups is 2. The second kappa shape index (κ2) is 13.5. The van der Waals surface area contributed by atoms with Crippen LogP contribution in [0.4, 0.5) is 9.59 Å². The number of piperidine rings is 4. The molecule has 1 aromatic carbocycles. The van der Waals surface area contributed by atoms with Crippen LogP contribution < -0.4 is 0 Å². The Labute approximate surface area is 264 Å². The normalized spacial score (nSPS) is 30.6. The molecular weight excluding hydrogens is 584 g/mol. The van der Waals surface area contributed by atoms with Crippen molar-refractivity contribution in [2.24, 2.45) is 11.8 Å². The van der Waals surface area contributed by atoms with Gasteiger partial charge in [-0.25, -0.2) is 19.2 Å². The smallest absolute Gasteiger partial charge is 0.411 e. The average molecular weight is 633 g/mol. The second-order valence-corrected chi connectivity index (χ2v) is 14.5. The van der Waals surface area contributed by atoms with E-state index in [1.807, 2.05) is 30.3 Å². The van der Waals surface area contributed by atoms with Crippen LogP contribution in [0.25, 0.3) is 0 Å². The zero-order chi connectivity index (χ0) is 33.3. The number of aliphatic hydroxyl groups excluding tert-OH is 2. The summed E-state index contributed by atoms with van der Waals surface area (Å²) in [5.74, 6) is -1.75. The summed E-state index contributed by atoms with van der Waals surface area (Å²) in [5, 5.41) is 29.6. The standard InChI is InChI=1S/C20H27NO5.C13H21NO5/c1-20(2,3)26-19(24)21-15-10-9-14(11-16(15)22)17(21)18(23)25-12-13-7-5-4-6-8-13;1-13(2,3)19-12(18)14-8-5-4-7(6-9(8)15)10(14)11(16)17/h4-8,14-17,22H,9-12H2,1-3H3;7-10,15H,4-6H2,1-3H3,(H,16,17)/t14-,15+,16+,17+;7-,8+,9+,10+/m11/s1. The maximum absolute atomic E-state index is 12.8. The molecule has 0 spiro atoms. The van der Waals surface area contributed by atoms with Gasteiger partial charge in [-0.3, -0.25) is 9.80 Å². The molecule has 2 saturated carbocycles. The van der Waals surface area contributed by atoms with Crippen molar-refractivity contribution < 1.29 is 48.7 Å². The number of rotatable bonds is 4. The van der Waals surface area contributed by atoms with Crippen molar-refractivity contribution in [3.8, 4) is 0 Å². The van der Waals surface area contributed by atoms with Crippen LogP contribution in [-0.2, 0) is 30.4 Å². The summed E-state index contributed by atoms with van der Waals surface area (Å²) in [6.07, 6.45) is 1.31. The first-order valence-electron chi connectivity index (χ1n) is 15.8. The van der Waals surface area contributed by atoms with Crippen LogP contribution in [0.1, 0.15) is 85.6 Å². The number of hydrogen-bond acceptors (Lipinski definition) is 9. The first-order valence-corrected chi connectivity index (χ1v) is 15.8. The highest BCUT2D eigenvalue weighted by Gasteiger charge is 2.54. The Morgan fingerprint density at radius 3 is 1.60 bits per heavy atom. The van der Waals surface area contributed by atoms with Crippen molar-refractivity contribution >= 4 is 24.1 Å². The lowest BCUT2D eigenvalue weighted by Crippen LogP contribution is -2.66. The van der Waals surface area contributed by atoms with E-state index in [1.165, 1.54) is 9.80 Å². The van der Waals surface area contributed by atoms with Crippen LogP contribution >= 0.6 is 0 Å². The Balaban J connectivity index is 0.000000215. The summed E-state index contributed by atoms with van der Waals surface area (Å²) >= 11 is 0. The molecule has 6 fully saturated rings. The molecule has 3 N–H and O–H groups in total. The lowest BCUT2D eigenvalue weighted by atomic mass is 9.73. The molecule has 7 rings (SSSR count). The molecule has 250 valence electrons. The van der Waals surface area contributed by atoms with E-state index < -0.39 is 71.7 Å². The van der Waals surface area contributed by atoms with Crippen LogP contribution in [-0.4, -0.2) is 96.8 Å². The predicted octanol–water partition coefficient (Wildman–Crippen LogP) is 4.10. The van der Waals surface area contributed by atoms with Crippen molar-refractivity contribution in [1.29, 1.82) is 0 Å². The number of ether oxygens (including phenoxy) is 3. The van der Waals surface area contributed by atoms with Gasteiger partial charge in [-0.2, -0.15) is 0 Å². The van der Waals surface area contributed by atoms with Gasteiger partial charge in [0.25, 0.3) is 0 Å². The number of nitrogens with zero attached hydrogens (tertiary/aromatic N) is 2. The van der Waals surface area contributed by atoms with Crippen LogP contribution in [0.3, 0.4) is 0 Å². The molecule has 0 unspecified atom stereocenters. The van der Waals surface area contributed by atoms with E-state index >= 15 is 0 Å². The largest absolute Gasteiger partial charge is 0.480 e. The fraction of sp³-hybridized carbons (Fsp3) is 0.697. The number of carbonyl (C=O) groups excluding carboxylic acids is 3. The highest BCUT2D eigenvalue weighted by Crippen LogP contribution is 2.42.